The zero-order valence-corrected chi connectivity index (χ0v) is 13.8. The molecule has 0 heterocycles. The average molecular weight is 345 g/mol. The van der Waals surface area contributed by atoms with Crippen molar-refractivity contribution in [1.29, 1.82) is 0 Å². The molecule has 1 rings (SSSR count). The van der Waals surface area contributed by atoms with Gasteiger partial charge in [-0.2, -0.15) is 0 Å². The lowest BCUT2D eigenvalue weighted by Crippen LogP contribution is -2.50. The molecule has 1 aromatic carbocycles. The van der Waals surface area contributed by atoms with E-state index in [0.29, 0.717) is 0 Å². The molecule has 1 aromatic rings. The number of halogens is 3. The molecule has 0 spiro atoms. The lowest BCUT2D eigenvalue weighted by atomic mass is 9.95. The van der Waals surface area contributed by atoms with E-state index in [-0.39, 0.29) is 18.0 Å². The number of carbonyl (C=O) groups excluding carboxylic acids is 2. The molecule has 0 unspecified atom stereocenters. The third kappa shape index (κ3) is 5.75. The maximum absolute atomic E-state index is 13.9. The summed E-state index contributed by atoms with van der Waals surface area (Å²) in [5.74, 6) is -2.17. The Balaban J connectivity index is 2.75. The Hall–Kier alpha value is -2.25. The highest BCUT2D eigenvalue weighted by Crippen LogP contribution is 2.24. The lowest BCUT2D eigenvalue weighted by Gasteiger charge is -2.24. The maximum Gasteiger partial charge on any atom is 0.315 e. The number of alkyl halides is 1. The molecule has 3 N–H and O–H groups in total. The molecule has 134 valence electrons. The van der Waals surface area contributed by atoms with E-state index >= 15 is 0 Å². The van der Waals surface area contributed by atoms with Crippen molar-refractivity contribution in [1.82, 2.24) is 16.0 Å². The second kappa shape index (κ2) is 9.14. The van der Waals surface area contributed by atoms with Gasteiger partial charge in [-0.1, -0.05) is 19.9 Å². The summed E-state index contributed by atoms with van der Waals surface area (Å²) in [6, 6.07) is 0.861. The van der Waals surface area contributed by atoms with Crippen molar-refractivity contribution in [2.45, 2.75) is 32.9 Å². The average Bonchev–Trinajstić information content (AvgIpc) is 2.50. The van der Waals surface area contributed by atoms with Crippen LogP contribution in [0.3, 0.4) is 0 Å². The Kier molecular flexibility index (Phi) is 7.54. The number of urea groups is 1. The minimum absolute atomic E-state index is 0.137. The number of hydrogen-bond donors (Lipinski definition) is 3. The van der Waals surface area contributed by atoms with Gasteiger partial charge in [-0.3, -0.25) is 4.79 Å². The summed E-state index contributed by atoms with van der Waals surface area (Å²) in [5, 5.41) is 7.26. The fraction of sp³-hybridized carbons (Fsp3) is 0.500. The molecule has 2 atom stereocenters. The van der Waals surface area contributed by atoms with Gasteiger partial charge in [0.1, 0.15) is 24.4 Å². The normalized spacial score (nSPS) is 13.3. The molecule has 0 aromatic heterocycles. The van der Waals surface area contributed by atoms with E-state index in [1.807, 2.05) is 0 Å². The van der Waals surface area contributed by atoms with Gasteiger partial charge in [0.05, 0.1) is 6.04 Å². The van der Waals surface area contributed by atoms with Crippen LogP contribution >= 0.6 is 0 Å². The SMILES string of the molecule is CC(C)[C@@H](NC(=O)N[C@H](C)C(=O)NCCF)c1ccc(F)cc1F. The van der Waals surface area contributed by atoms with Crippen molar-refractivity contribution in [2.75, 3.05) is 13.2 Å². The standard InChI is InChI=1S/C16H22F3N3O2/c1-9(2)14(12-5-4-11(18)8-13(12)19)22-16(24)21-10(3)15(23)20-7-6-17/h4-5,8-10,14H,6-7H2,1-3H3,(H,20,23)(H2,21,22,24)/t10-,14-/m1/s1. The highest BCUT2D eigenvalue weighted by Gasteiger charge is 2.23. The molecule has 0 aliphatic carbocycles. The Bertz CT molecular complexity index is 582. The quantitative estimate of drug-likeness (QED) is 0.710. The van der Waals surface area contributed by atoms with Crippen LogP contribution in [0.25, 0.3) is 0 Å². The Morgan fingerprint density at radius 1 is 1.12 bits per heavy atom. The van der Waals surface area contributed by atoms with Crippen LogP contribution in [0.4, 0.5) is 18.0 Å². The number of rotatable bonds is 7. The van der Waals surface area contributed by atoms with Gasteiger partial charge in [-0.25, -0.2) is 18.0 Å². The fourth-order valence-electron chi connectivity index (χ4n) is 2.13. The third-order valence-corrected chi connectivity index (χ3v) is 3.39. The zero-order chi connectivity index (χ0) is 18.3. The van der Waals surface area contributed by atoms with Crippen LogP contribution in [-0.2, 0) is 4.79 Å². The van der Waals surface area contributed by atoms with Crippen LogP contribution in [0.5, 0.6) is 0 Å². The Morgan fingerprint density at radius 2 is 1.79 bits per heavy atom. The summed E-state index contributed by atoms with van der Waals surface area (Å²) < 4.78 is 39.0. The van der Waals surface area contributed by atoms with Gasteiger partial charge in [0.15, 0.2) is 0 Å². The first kappa shape index (κ1) is 19.8. The van der Waals surface area contributed by atoms with E-state index in [2.05, 4.69) is 16.0 Å². The monoisotopic (exact) mass is 345 g/mol. The van der Waals surface area contributed by atoms with Gasteiger partial charge in [-0.05, 0) is 18.9 Å². The molecule has 0 aliphatic heterocycles. The van der Waals surface area contributed by atoms with Crippen LogP contribution in [0, 0.1) is 17.6 Å². The highest BCUT2D eigenvalue weighted by molar-refractivity contribution is 5.86. The second-order valence-corrected chi connectivity index (χ2v) is 5.71. The van der Waals surface area contributed by atoms with Crippen LogP contribution < -0.4 is 16.0 Å². The van der Waals surface area contributed by atoms with E-state index in [0.717, 1.165) is 12.1 Å². The van der Waals surface area contributed by atoms with Gasteiger partial charge in [0.25, 0.3) is 0 Å². The summed E-state index contributed by atoms with van der Waals surface area (Å²) in [6.07, 6.45) is 0. The first-order valence-corrected chi connectivity index (χ1v) is 7.62. The Morgan fingerprint density at radius 3 is 2.33 bits per heavy atom. The molecule has 0 saturated heterocycles. The van der Waals surface area contributed by atoms with Gasteiger partial charge < -0.3 is 16.0 Å². The van der Waals surface area contributed by atoms with Crippen LogP contribution in [-0.4, -0.2) is 31.2 Å². The summed E-state index contributed by atoms with van der Waals surface area (Å²) in [5.41, 5.74) is 0.149. The van der Waals surface area contributed by atoms with Crippen molar-refractivity contribution in [3.63, 3.8) is 0 Å². The first-order valence-electron chi connectivity index (χ1n) is 7.62. The van der Waals surface area contributed by atoms with E-state index in [1.165, 1.54) is 13.0 Å². The molecule has 5 nitrogen and oxygen atoms in total. The number of amides is 3. The van der Waals surface area contributed by atoms with E-state index in [4.69, 9.17) is 0 Å². The predicted molar refractivity (Wildman–Crippen MR) is 84.1 cm³/mol. The zero-order valence-electron chi connectivity index (χ0n) is 13.8. The molecular weight excluding hydrogens is 323 g/mol. The van der Waals surface area contributed by atoms with Crippen LogP contribution in [0.1, 0.15) is 32.4 Å². The highest BCUT2D eigenvalue weighted by atomic mass is 19.1. The van der Waals surface area contributed by atoms with Gasteiger partial charge in [0, 0.05) is 18.2 Å². The second-order valence-electron chi connectivity index (χ2n) is 5.71. The largest absolute Gasteiger partial charge is 0.352 e. The Labute approximate surface area is 139 Å². The summed E-state index contributed by atoms with van der Waals surface area (Å²) >= 11 is 0. The van der Waals surface area contributed by atoms with Crippen molar-refractivity contribution < 1.29 is 22.8 Å². The molecule has 0 aliphatic rings. The first-order chi connectivity index (χ1) is 11.3. The molecule has 0 radical (unpaired) electrons. The van der Waals surface area contributed by atoms with Crippen molar-refractivity contribution >= 4 is 11.9 Å². The van der Waals surface area contributed by atoms with Gasteiger partial charge in [0.2, 0.25) is 5.91 Å². The predicted octanol–water partition coefficient (Wildman–Crippen LogP) is 2.44. The van der Waals surface area contributed by atoms with E-state index in [1.54, 1.807) is 13.8 Å². The molecule has 24 heavy (non-hydrogen) atoms. The number of carbonyl (C=O) groups is 2. The van der Waals surface area contributed by atoms with Crippen molar-refractivity contribution in [2.24, 2.45) is 5.92 Å². The van der Waals surface area contributed by atoms with E-state index in [9.17, 15) is 22.8 Å². The van der Waals surface area contributed by atoms with Crippen molar-refractivity contribution in [3.8, 4) is 0 Å². The minimum Gasteiger partial charge on any atom is -0.352 e. The molecule has 0 saturated carbocycles. The minimum atomic E-state index is -0.887. The molecule has 0 fully saturated rings. The number of benzene rings is 1. The van der Waals surface area contributed by atoms with E-state index < -0.39 is 42.3 Å². The third-order valence-electron chi connectivity index (χ3n) is 3.39. The lowest BCUT2D eigenvalue weighted by molar-refractivity contribution is -0.122. The fourth-order valence-corrected chi connectivity index (χ4v) is 2.13. The van der Waals surface area contributed by atoms with Crippen LogP contribution in [0.2, 0.25) is 0 Å². The smallest absolute Gasteiger partial charge is 0.315 e. The van der Waals surface area contributed by atoms with Gasteiger partial charge in [-0.15, -0.1) is 0 Å². The van der Waals surface area contributed by atoms with Crippen molar-refractivity contribution in [3.05, 3.63) is 35.4 Å². The number of nitrogens with one attached hydrogen (secondary N) is 3. The molecule has 3 amide bonds. The molecule has 8 heteroatoms. The molecular formula is C16H22F3N3O2. The summed E-state index contributed by atoms with van der Waals surface area (Å²) in [4.78, 5) is 23.6. The van der Waals surface area contributed by atoms with Gasteiger partial charge >= 0.3 is 6.03 Å². The summed E-state index contributed by atoms with van der Waals surface area (Å²) in [7, 11) is 0. The maximum atomic E-state index is 13.9. The topological polar surface area (TPSA) is 70.2 Å². The summed E-state index contributed by atoms with van der Waals surface area (Å²) in [6.45, 7) is 4.14. The van der Waals surface area contributed by atoms with Crippen LogP contribution in [0.15, 0.2) is 18.2 Å². The number of hydrogen-bond acceptors (Lipinski definition) is 2. The molecule has 0 bridgehead atoms.